The van der Waals surface area contributed by atoms with E-state index in [1.54, 1.807) is 24.5 Å². The minimum atomic E-state index is -0.271. The molecule has 0 aliphatic rings. The second-order valence-corrected chi connectivity index (χ2v) is 7.94. The highest BCUT2D eigenvalue weighted by Gasteiger charge is 2.17. The third-order valence-electron chi connectivity index (χ3n) is 5.45. The van der Waals surface area contributed by atoms with E-state index >= 15 is 0 Å². The summed E-state index contributed by atoms with van der Waals surface area (Å²) in [6, 6.07) is 20.9. The van der Waals surface area contributed by atoms with Crippen LogP contribution in [0.25, 0.3) is 55.8 Å². The molecule has 0 aliphatic carbocycles. The number of halogens is 1. The number of hydrogen-bond donors (Lipinski definition) is 2. The topological polar surface area (TPSA) is 100 Å². The molecule has 0 spiro atoms. The normalized spacial score (nSPS) is 11.3. The average molecular weight is 451 g/mol. The summed E-state index contributed by atoms with van der Waals surface area (Å²) in [5.41, 5.74) is 5.44. The number of benzene rings is 2. The summed E-state index contributed by atoms with van der Waals surface area (Å²) in [5, 5.41) is 8.20. The Labute approximate surface area is 192 Å². The first-order chi connectivity index (χ1) is 16.2. The molecule has 0 fully saturated rings. The van der Waals surface area contributed by atoms with Gasteiger partial charge >= 0.3 is 0 Å². The van der Waals surface area contributed by atoms with Gasteiger partial charge in [0.15, 0.2) is 5.65 Å². The molecule has 4 aromatic heterocycles. The highest BCUT2D eigenvalue weighted by atomic mass is 35.5. The van der Waals surface area contributed by atoms with Gasteiger partial charge in [0.25, 0.3) is 5.56 Å². The van der Waals surface area contributed by atoms with Gasteiger partial charge in [0.1, 0.15) is 5.52 Å². The lowest BCUT2D eigenvalue weighted by molar-refractivity contribution is 1.09. The molecule has 0 saturated carbocycles. The molecule has 2 aromatic carbocycles. The van der Waals surface area contributed by atoms with Gasteiger partial charge in [-0.3, -0.25) is 14.9 Å². The fourth-order valence-electron chi connectivity index (χ4n) is 3.91. The fraction of sp³-hybridized carbons (Fsp3) is 0. The fourth-order valence-corrected chi connectivity index (χ4v) is 4.18. The molecule has 158 valence electrons. The highest BCUT2D eigenvalue weighted by molar-refractivity contribution is 6.35. The molecule has 6 rings (SSSR count). The number of aromatic nitrogens is 6. The van der Waals surface area contributed by atoms with E-state index in [0.717, 1.165) is 22.0 Å². The second-order valence-electron chi connectivity index (χ2n) is 7.54. The average Bonchev–Trinajstić information content (AvgIpc) is 3.38. The lowest BCUT2D eigenvalue weighted by Gasteiger charge is -2.12. The maximum Gasteiger partial charge on any atom is 0.259 e. The number of nitrogens with zero attached hydrogens (tertiary/aromatic N) is 4. The maximum absolute atomic E-state index is 12.7. The molecular weight excluding hydrogens is 436 g/mol. The Balaban J connectivity index is 1.66. The summed E-state index contributed by atoms with van der Waals surface area (Å²) in [5.74, 6) is 0. The molecule has 8 heteroatoms. The number of nitrogens with one attached hydrogen (secondary N) is 2. The van der Waals surface area contributed by atoms with E-state index in [4.69, 9.17) is 21.6 Å². The Morgan fingerprint density at radius 1 is 0.818 bits per heavy atom. The van der Waals surface area contributed by atoms with Gasteiger partial charge in [-0.1, -0.05) is 48.0 Å². The van der Waals surface area contributed by atoms with E-state index in [-0.39, 0.29) is 5.56 Å². The quantitative estimate of drug-likeness (QED) is 0.384. The van der Waals surface area contributed by atoms with E-state index in [2.05, 4.69) is 20.2 Å². The lowest BCUT2D eigenvalue weighted by atomic mass is 10.0. The highest BCUT2D eigenvalue weighted by Crippen LogP contribution is 2.34. The Morgan fingerprint density at radius 3 is 2.48 bits per heavy atom. The molecule has 4 heterocycles. The van der Waals surface area contributed by atoms with Gasteiger partial charge in [-0.15, -0.1) is 0 Å². The zero-order chi connectivity index (χ0) is 22.4. The van der Waals surface area contributed by atoms with Crippen LogP contribution >= 0.6 is 11.6 Å². The number of hydrogen-bond acceptors (Lipinski definition) is 5. The smallest absolute Gasteiger partial charge is 0.259 e. The van der Waals surface area contributed by atoms with E-state index < -0.39 is 0 Å². The molecule has 0 radical (unpaired) electrons. The SMILES string of the molecule is O=c1[nH]c2nc(-c3ccccc3)c(-c3cc(Cl)c4ncccc4c3)nc2cc1-c1ccn[nH]1. The minimum Gasteiger partial charge on any atom is -0.305 e. The van der Waals surface area contributed by atoms with Crippen LogP contribution in [0.15, 0.2) is 83.9 Å². The standard InChI is InChI=1S/C25H15ClN6O/c26-18-12-16(11-15-7-4-9-27-21(15)18)23-22(14-5-2-1-3-6-14)30-24-20(29-23)13-17(25(33)31-24)19-8-10-28-32-19/h1-13H,(H,28,32)(H,30,31,33). The first-order valence-electron chi connectivity index (χ1n) is 10.2. The number of H-pyrrole nitrogens is 2. The van der Waals surface area contributed by atoms with Crippen LogP contribution in [0.3, 0.4) is 0 Å². The molecule has 0 unspecified atom stereocenters. The molecule has 2 N–H and O–H groups in total. The van der Waals surface area contributed by atoms with Crippen molar-refractivity contribution in [2.75, 3.05) is 0 Å². The summed E-state index contributed by atoms with van der Waals surface area (Å²) in [6.07, 6.45) is 3.31. The van der Waals surface area contributed by atoms with E-state index in [1.807, 2.05) is 54.6 Å². The zero-order valence-corrected chi connectivity index (χ0v) is 17.8. The maximum atomic E-state index is 12.7. The molecule has 6 aromatic rings. The van der Waals surface area contributed by atoms with Gasteiger partial charge in [0, 0.05) is 28.9 Å². The van der Waals surface area contributed by atoms with Gasteiger partial charge in [-0.25, -0.2) is 9.97 Å². The summed E-state index contributed by atoms with van der Waals surface area (Å²) < 4.78 is 0. The van der Waals surface area contributed by atoms with Crippen molar-refractivity contribution in [3.8, 4) is 33.8 Å². The molecule has 0 bridgehead atoms. The number of fused-ring (bicyclic) bond motifs is 2. The van der Waals surface area contributed by atoms with Gasteiger partial charge < -0.3 is 4.98 Å². The van der Waals surface area contributed by atoms with E-state index in [9.17, 15) is 4.79 Å². The Hall–Kier alpha value is -4.36. The van der Waals surface area contributed by atoms with Crippen molar-refractivity contribution in [2.45, 2.75) is 0 Å². The third-order valence-corrected chi connectivity index (χ3v) is 5.74. The van der Waals surface area contributed by atoms with Crippen LogP contribution in [0.2, 0.25) is 5.02 Å². The van der Waals surface area contributed by atoms with Crippen LogP contribution in [0.4, 0.5) is 0 Å². The van der Waals surface area contributed by atoms with Crippen LogP contribution < -0.4 is 5.56 Å². The van der Waals surface area contributed by atoms with Crippen molar-refractivity contribution in [2.24, 2.45) is 0 Å². The Bertz CT molecular complexity index is 1690. The second kappa shape index (κ2) is 7.65. The lowest BCUT2D eigenvalue weighted by Crippen LogP contribution is -2.11. The summed E-state index contributed by atoms with van der Waals surface area (Å²) >= 11 is 6.57. The van der Waals surface area contributed by atoms with Gasteiger partial charge in [0.2, 0.25) is 0 Å². The van der Waals surface area contributed by atoms with E-state index in [0.29, 0.717) is 38.8 Å². The number of pyridine rings is 2. The van der Waals surface area contributed by atoms with Gasteiger partial charge in [-0.05, 0) is 30.3 Å². The Kier molecular flexibility index (Phi) is 4.48. The summed E-state index contributed by atoms with van der Waals surface area (Å²) in [4.78, 5) is 29.7. The van der Waals surface area contributed by atoms with Crippen molar-refractivity contribution in [3.05, 3.63) is 94.5 Å². The number of rotatable bonds is 3. The van der Waals surface area contributed by atoms with Crippen LogP contribution in [0.1, 0.15) is 0 Å². The minimum absolute atomic E-state index is 0.271. The van der Waals surface area contributed by atoms with Crippen molar-refractivity contribution in [3.63, 3.8) is 0 Å². The van der Waals surface area contributed by atoms with Crippen LogP contribution in [-0.2, 0) is 0 Å². The molecule has 0 saturated heterocycles. The molecule has 0 amide bonds. The van der Waals surface area contributed by atoms with Gasteiger partial charge in [-0.2, -0.15) is 5.10 Å². The predicted octanol–water partition coefficient (Wildman–Crippen LogP) is 5.24. The zero-order valence-electron chi connectivity index (χ0n) is 17.1. The van der Waals surface area contributed by atoms with Crippen molar-refractivity contribution in [1.29, 1.82) is 0 Å². The molecule has 7 nitrogen and oxygen atoms in total. The predicted molar refractivity (Wildman–Crippen MR) is 129 cm³/mol. The van der Waals surface area contributed by atoms with Crippen molar-refractivity contribution < 1.29 is 0 Å². The monoisotopic (exact) mass is 450 g/mol. The summed E-state index contributed by atoms with van der Waals surface area (Å²) in [6.45, 7) is 0. The molecule has 0 atom stereocenters. The summed E-state index contributed by atoms with van der Waals surface area (Å²) in [7, 11) is 0. The largest absolute Gasteiger partial charge is 0.305 e. The number of aromatic amines is 2. The molecule has 0 aliphatic heterocycles. The molecular formula is C25H15ClN6O. The van der Waals surface area contributed by atoms with Crippen LogP contribution in [-0.4, -0.2) is 30.1 Å². The first kappa shape index (κ1) is 19.3. The van der Waals surface area contributed by atoms with Gasteiger partial charge in [0.05, 0.1) is 33.2 Å². The third kappa shape index (κ3) is 3.35. The van der Waals surface area contributed by atoms with Crippen molar-refractivity contribution in [1.82, 2.24) is 30.1 Å². The van der Waals surface area contributed by atoms with Crippen LogP contribution in [0.5, 0.6) is 0 Å². The van der Waals surface area contributed by atoms with Crippen molar-refractivity contribution >= 4 is 33.7 Å². The first-order valence-corrected chi connectivity index (χ1v) is 10.6. The van der Waals surface area contributed by atoms with Crippen LogP contribution in [0, 0.1) is 0 Å². The Morgan fingerprint density at radius 2 is 1.67 bits per heavy atom. The van der Waals surface area contributed by atoms with E-state index in [1.165, 1.54) is 0 Å². The molecule has 33 heavy (non-hydrogen) atoms.